The van der Waals surface area contributed by atoms with Gasteiger partial charge in [-0.2, -0.15) is 0 Å². The van der Waals surface area contributed by atoms with Crippen LogP contribution in [0.5, 0.6) is 5.75 Å². The van der Waals surface area contributed by atoms with Gasteiger partial charge in [-0.1, -0.05) is 18.2 Å². The van der Waals surface area contributed by atoms with Gasteiger partial charge in [0.1, 0.15) is 5.75 Å². The maximum atomic E-state index is 13.2. The summed E-state index contributed by atoms with van der Waals surface area (Å²) in [7, 11) is 1.45. The van der Waals surface area contributed by atoms with Crippen LogP contribution in [0.1, 0.15) is 28.0 Å². The van der Waals surface area contributed by atoms with Crippen LogP contribution >= 0.6 is 0 Å². The van der Waals surface area contributed by atoms with E-state index in [0.717, 1.165) is 41.4 Å². The van der Waals surface area contributed by atoms with Crippen LogP contribution in [0.4, 0.5) is 11.4 Å². The molecule has 0 saturated carbocycles. The van der Waals surface area contributed by atoms with E-state index in [4.69, 9.17) is 4.74 Å². The summed E-state index contributed by atoms with van der Waals surface area (Å²) >= 11 is 0. The molecule has 4 rings (SSSR count). The number of aromatic nitrogens is 1. The van der Waals surface area contributed by atoms with E-state index in [2.05, 4.69) is 10.3 Å². The van der Waals surface area contributed by atoms with E-state index >= 15 is 0 Å². The lowest BCUT2D eigenvalue weighted by molar-refractivity contribution is -0.384. The highest BCUT2D eigenvalue weighted by Gasteiger charge is 2.24. The number of para-hydroxylation sites is 1. The third kappa shape index (κ3) is 2.97. The molecule has 1 aliphatic carbocycles. The van der Waals surface area contributed by atoms with Crippen molar-refractivity contribution in [2.75, 3.05) is 12.4 Å². The van der Waals surface area contributed by atoms with Crippen LogP contribution in [0.15, 0.2) is 42.5 Å². The van der Waals surface area contributed by atoms with Gasteiger partial charge in [-0.05, 0) is 37.0 Å². The highest BCUT2D eigenvalue weighted by Crippen LogP contribution is 2.33. The van der Waals surface area contributed by atoms with Crippen molar-refractivity contribution in [1.29, 1.82) is 0 Å². The lowest BCUT2D eigenvalue weighted by Gasteiger charge is -2.14. The lowest BCUT2D eigenvalue weighted by Crippen LogP contribution is -2.16. The van der Waals surface area contributed by atoms with Crippen LogP contribution in [0.2, 0.25) is 0 Å². The van der Waals surface area contributed by atoms with Crippen molar-refractivity contribution in [3.05, 3.63) is 69.4 Å². The zero-order valence-corrected chi connectivity index (χ0v) is 14.7. The first-order valence-electron chi connectivity index (χ1n) is 8.62. The van der Waals surface area contributed by atoms with Crippen LogP contribution in [0.25, 0.3) is 10.9 Å². The van der Waals surface area contributed by atoms with Crippen LogP contribution in [-0.4, -0.2) is 22.9 Å². The van der Waals surface area contributed by atoms with E-state index in [1.54, 1.807) is 0 Å². The van der Waals surface area contributed by atoms with Gasteiger partial charge in [-0.3, -0.25) is 19.9 Å². The minimum absolute atomic E-state index is 0.115. The van der Waals surface area contributed by atoms with Crippen LogP contribution in [-0.2, 0) is 12.8 Å². The molecule has 1 N–H and O–H groups in total. The van der Waals surface area contributed by atoms with Gasteiger partial charge in [0.15, 0.2) is 0 Å². The third-order valence-corrected chi connectivity index (χ3v) is 4.79. The molecule has 0 aliphatic heterocycles. The maximum absolute atomic E-state index is 13.2. The van der Waals surface area contributed by atoms with E-state index < -0.39 is 4.92 Å². The number of hydrogen-bond donors (Lipinski definition) is 1. The van der Waals surface area contributed by atoms with Crippen molar-refractivity contribution >= 4 is 28.2 Å². The third-order valence-electron chi connectivity index (χ3n) is 4.79. The molecule has 0 fully saturated rings. The summed E-state index contributed by atoms with van der Waals surface area (Å²) in [6.07, 6.45) is 2.60. The Balaban J connectivity index is 1.81. The Hall–Kier alpha value is -3.48. The Labute approximate surface area is 155 Å². The first-order valence-corrected chi connectivity index (χ1v) is 8.62. The minimum Gasteiger partial charge on any atom is -0.495 e. The van der Waals surface area contributed by atoms with Gasteiger partial charge in [0.2, 0.25) is 0 Å². The number of ether oxygens (including phenoxy) is 1. The normalized spacial score (nSPS) is 12.6. The summed E-state index contributed by atoms with van der Waals surface area (Å²) in [5.74, 6) is 0.0505. The van der Waals surface area contributed by atoms with Gasteiger partial charge in [0, 0.05) is 23.2 Å². The van der Waals surface area contributed by atoms with Crippen molar-refractivity contribution < 1.29 is 14.5 Å². The van der Waals surface area contributed by atoms with Gasteiger partial charge in [0.05, 0.1) is 28.8 Å². The second kappa shape index (κ2) is 6.68. The summed E-state index contributed by atoms with van der Waals surface area (Å²) < 4.78 is 5.25. The molecule has 1 amide bonds. The predicted molar refractivity (Wildman–Crippen MR) is 101 cm³/mol. The standard InChI is InChI=1S/C20H17N3O4/c1-27-18-10-9-12(23(25)26)11-17(18)22-20(24)19-13-5-2-3-7-15(13)21-16-8-4-6-14(16)19/h2-3,5,7,9-11H,4,6,8H2,1H3,(H,22,24). The molecule has 0 spiro atoms. The monoisotopic (exact) mass is 363 g/mol. The number of benzene rings is 2. The molecule has 1 heterocycles. The molecule has 7 heteroatoms. The Kier molecular flexibility index (Phi) is 4.19. The minimum atomic E-state index is -0.505. The molecule has 0 unspecified atom stereocenters. The quantitative estimate of drug-likeness (QED) is 0.560. The number of pyridine rings is 1. The number of nitro groups is 1. The fraction of sp³-hybridized carbons (Fsp3) is 0.200. The molecule has 3 aromatic rings. The molecule has 0 atom stereocenters. The molecule has 0 radical (unpaired) electrons. The molecule has 1 aliphatic rings. The van der Waals surface area contributed by atoms with Crippen molar-refractivity contribution in [3.63, 3.8) is 0 Å². The van der Waals surface area contributed by atoms with E-state index in [9.17, 15) is 14.9 Å². The molecule has 136 valence electrons. The first-order chi connectivity index (χ1) is 13.1. The fourth-order valence-electron chi connectivity index (χ4n) is 3.56. The molecule has 7 nitrogen and oxygen atoms in total. The number of methoxy groups -OCH3 is 1. The number of rotatable bonds is 4. The number of hydrogen-bond acceptors (Lipinski definition) is 5. The number of carbonyl (C=O) groups excluding carboxylic acids is 1. The summed E-state index contributed by atoms with van der Waals surface area (Å²) in [6, 6.07) is 11.6. The van der Waals surface area contributed by atoms with Crippen LogP contribution < -0.4 is 10.1 Å². The lowest BCUT2D eigenvalue weighted by atomic mass is 10.0. The van der Waals surface area contributed by atoms with Gasteiger partial charge < -0.3 is 10.1 Å². The number of amides is 1. The summed E-state index contributed by atoms with van der Waals surface area (Å²) in [5.41, 5.74) is 3.41. The average Bonchev–Trinajstić information content (AvgIpc) is 3.13. The zero-order valence-electron chi connectivity index (χ0n) is 14.7. The molecule has 0 saturated heterocycles. The van der Waals surface area contributed by atoms with Crippen LogP contribution in [0, 0.1) is 10.1 Å². The summed E-state index contributed by atoms with van der Waals surface area (Å²) in [6.45, 7) is 0. The topological polar surface area (TPSA) is 94.4 Å². The van der Waals surface area contributed by atoms with E-state index in [1.807, 2.05) is 24.3 Å². The van der Waals surface area contributed by atoms with Crippen molar-refractivity contribution in [2.45, 2.75) is 19.3 Å². The number of anilines is 1. The van der Waals surface area contributed by atoms with Crippen molar-refractivity contribution in [3.8, 4) is 5.75 Å². The second-order valence-electron chi connectivity index (χ2n) is 6.38. The van der Waals surface area contributed by atoms with Crippen molar-refractivity contribution in [1.82, 2.24) is 4.98 Å². The number of non-ortho nitro benzene ring substituents is 1. The Morgan fingerprint density at radius 2 is 2.04 bits per heavy atom. The zero-order chi connectivity index (χ0) is 19.0. The number of nitro benzene ring substituents is 1. The Morgan fingerprint density at radius 1 is 1.22 bits per heavy atom. The van der Waals surface area contributed by atoms with Crippen molar-refractivity contribution in [2.24, 2.45) is 0 Å². The van der Waals surface area contributed by atoms with Gasteiger partial charge >= 0.3 is 0 Å². The predicted octanol–water partition coefficient (Wildman–Crippen LogP) is 3.89. The largest absolute Gasteiger partial charge is 0.495 e. The Bertz CT molecular complexity index is 1080. The van der Waals surface area contributed by atoms with E-state index in [-0.39, 0.29) is 17.3 Å². The van der Waals surface area contributed by atoms with Gasteiger partial charge in [-0.15, -0.1) is 0 Å². The van der Waals surface area contributed by atoms with Crippen LogP contribution in [0.3, 0.4) is 0 Å². The SMILES string of the molecule is COc1ccc([N+](=O)[O-])cc1NC(=O)c1c2c(nc3ccccc13)CCC2. The number of aryl methyl sites for hydroxylation is 1. The van der Waals surface area contributed by atoms with Gasteiger partial charge in [-0.25, -0.2) is 0 Å². The second-order valence-corrected chi connectivity index (χ2v) is 6.38. The molecule has 0 bridgehead atoms. The first kappa shape index (κ1) is 17.0. The smallest absolute Gasteiger partial charge is 0.271 e. The molecule has 27 heavy (non-hydrogen) atoms. The number of nitrogens with zero attached hydrogens (tertiary/aromatic N) is 2. The van der Waals surface area contributed by atoms with Gasteiger partial charge in [0.25, 0.3) is 11.6 Å². The average molecular weight is 363 g/mol. The number of nitrogens with one attached hydrogen (secondary N) is 1. The Morgan fingerprint density at radius 3 is 2.81 bits per heavy atom. The number of carbonyl (C=O) groups is 1. The molecule has 2 aromatic carbocycles. The van der Waals surface area contributed by atoms with E-state index in [0.29, 0.717) is 11.3 Å². The molecular formula is C20H17N3O4. The summed E-state index contributed by atoms with van der Waals surface area (Å²) in [5, 5.41) is 14.7. The number of fused-ring (bicyclic) bond motifs is 2. The fourth-order valence-corrected chi connectivity index (χ4v) is 3.56. The molecular weight excluding hydrogens is 346 g/mol. The highest BCUT2D eigenvalue weighted by molar-refractivity contribution is 6.14. The summed E-state index contributed by atoms with van der Waals surface area (Å²) in [4.78, 5) is 28.4. The highest BCUT2D eigenvalue weighted by atomic mass is 16.6. The maximum Gasteiger partial charge on any atom is 0.271 e. The van der Waals surface area contributed by atoms with E-state index in [1.165, 1.54) is 25.3 Å². The molecule has 1 aromatic heterocycles.